The molecule has 0 unspecified atom stereocenters. The van der Waals surface area contributed by atoms with Crippen LogP contribution in [0.5, 0.6) is 5.75 Å². The highest BCUT2D eigenvalue weighted by atomic mass is 19.4. The number of aromatic amines is 1. The number of aromatic nitrogens is 4. The van der Waals surface area contributed by atoms with Gasteiger partial charge in [0.15, 0.2) is 5.82 Å². The van der Waals surface area contributed by atoms with E-state index in [0.29, 0.717) is 55.0 Å². The highest BCUT2D eigenvalue weighted by Crippen LogP contribution is 2.25. The molecule has 4 aromatic rings. The van der Waals surface area contributed by atoms with E-state index in [-0.39, 0.29) is 29.5 Å². The first kappa shape index (κ1) is 25.7. The van der Waals surface area contributed by atoms with Crippen molar-refractivity contribution in [3.63, 3.8) is 0 Å². The van der Waals surface area contributed by atoms with E-state index in [1.165, 1.54) is 12.1 Å². The minimum absolute atomic E-state index is 0.118. The van der Waals surface area contributed by atoms with Crippen LogP contribution in [0.25, 0.3) is 22.2 Å². The van der Waals surface area contributed by atoms with Gasteiger partial charge in [-0.1, -0.05) is 23.4 Å². The summed E-state index contributed by atoms with van der Waals surface area (Å²) < 4.78 is 45.8. The molecule has 37 heavy (non-hydrogen) atoms. The minimum Gasteiger partial charge on any atom is -0.406 e. The van der Waals surface area contributed by atoms with Gasteiger partial charge < -0.3 is 19.9 Å². The maximum Gasteiger partial charge on any atom is 0.573 e. The third-order valence-corrected chi connectivity index (χ3v) is 5.27. The minimum atomic E-state index is -4.76. The summed E-state index contributed by atoms with van der Waals surface area (Å²) in [7, 11) is 0. The van der Waals surface area contributed by atoms with Gasteiger partial charge in [-0.25, -0.2) is 5.10 Å². The van der Waals surface area contributed by atoms with Gasteiger partial charge in [-0.05, 0) is 43.2 Å². The Labute approximate surface area is 208 Å². The molecule has 1 amide bonds. The molecule has 10 nitrogen and oxygen atoms in total. The van der Waals surface area contributed by atoms with Crippen LogP contribution < -0.4 is 20.9 Å². The number of halogens is 3. The Morgan fingerprint density at radius 1 is 1.03 bits per heavy atom. The molecule has 0 fully saturated rings. The summed E-state index contributed by atoms with van der Waals surface area (Å²) in [5.74, 6) is 0.667. The summed E-state index contributed by atoms with van der Waals surface area (Å²) in [6.07, 6.45) is -2.98. The zero-order valence-corrected chi connectivity index (χ0v) is 19.5. The van der Waals surface area contributed by atoms with Gasteiger partial charge in [0.25, 0.3) is 5.56 Å². The van der Waals surface area contributed by atoms with Gasteiger partial charge in [0.05, 0.1) is 5.39 Å². The number of nitrogens with zero attached hydrogens (tertiary/aromatic N) is 3. The first-order chi connectivity index (χ1) is 17.8. The van der Waals surface area contributed by atoms with Crippen LogP contribution in [0.3, 0.4) is 0 Å². The summed E-state index contributed by atoms with van der Waals surface area (Å²) in [5.41, 5.74) is 0.222. The topological polar surface area (TPSA) is 135 Å². The molecular formula is C24H23F3N6O4. The van der Waals surface area contributed by atoms with Crippen LogP contribution in [0.4, 0.5) is 19.0 Å². The lowest BCUT2D eigenvalue weighted by molar-refractivity contribution is -0.274. The lowest BCUT2D eigenvalue weighted by Crippen LogP contribution is -2.25. The zero-order valence-electron chi connectivity index (χ0n) is 19.5. The van der Waals surface area contributed by atoms with Crippen molar-refractivity contribution >= 4 is 22.5 Å². The molecule has 0 radical (unpaired) electrons. The van der Waals surface area contributed by atoms with Crippen molar-refractivity contribution in [2.24, 2.45) is 0 Å². The van der Waals surface area contributed by atoms with Crippen molar-refractivity contribution in [2.75, 3.05) is 18.4 Å². The Morgan fingerprint density at radius 2 is 1.78 bits per heavy atom. The third kappa shape index (κ3) is 7.29. The zero-order chi connectivity index (χ0) is 26.3. The number of ether oxygens (including phenoxy) is 1. The van der Waals surface area contributed by atoms with Crippen LogP contribution in [0.1, 0.15) is 25.2 Å². The molecule has 0 aliphatic rings. The number of H-pyrrole nitrogens is 1. The predicted octanol–water partition coefficient (Wildman–Crippen LogP) is 3.81. The lowest BCUT2D eigenvalue weighted by Gasteiger charge is -2.08. The number of alkyl halides is 3. The summed E-state index contributed by atoms with van der Waals surface area (Å²) in [4.78, 5) is 28.1. The van der Waals surface area contributed by atoms with Crippen molar-refractivity contribution in [1.82, 2.24) is 25.7 Å². The van der Waals surface area contributed by atoms with Gasteiger partial charge in [-0.15, -0.1) is 13.2 Å². The number of anilines is 1. The Balaban J connectivity index is 1.14. The first-order valence-electron chi connectivity index (χ1n) is 11.5. The van der Waals surface area contributed by atoms with Crippen LogP contribution in [0, 0.1) is 0 Å². The second-order valence-electron chi connectivity index (χ2n) is 8.01. The quantitative estimate of drug-likeness (QED) is 0.256. The fourth-order valence-corrected chi connectivity index (χ4v) is 3.54. The monoisotopic (exact) mass is 516 g/mol. The van der Waals surface area contributed by atoms with E-state index in [2.05, 4.69) is 35.7 Å². The second kappa shape index (κ2) is 11.5. The molecule has 3 N–H and O–H groups in total. The molecule has 13 heteroatoms. The summed E-state index contributed by atoms with van der Waals surface area (Å²) >= 11 is 0. The highest BCUT2D eigenvalue weighted by molar-refractivity contribution is 5.90. The molecule has 0 atom stereocenters. The Kier molecular flexibility index (Phi) is 8.01. The molecule has 4 rings (SSSR count). The number of rotatable bonds is 11. The van der Waals surface area contributed by atoms with E-state index >= 15 is 0 Å². The number of hydrogen-bond donors (Lipinski definition) is 3. The molecule has 0 bridgehead atoms. The second-order valence-corrected chi connectivity index (χ2v) is 8.01. The van der Waals surface area contributed by atoms with Crippen molar-refractivity contribution in [1.29, 1.82) is 0 Å². The van der Waals surface area contributed by atoms with E-state index in [1.54, 1.807) is 12.1 Å². The van der Waals surface area contributed by atoms with E-state index in [1.807, 2.05) is 12.1 Å². The summed E-state index contributed by atoms with van der Waals surface area (Å²) in [6, 6.07) is 12.3. The fourth-order valence-electron chi connectivity index (χ4n) is 3.54. The molecule has 194 valence electrons. The molecular weight excluding hydrogens is 493 g/mol. The van der Waals surface area contributed by atoms with E-state index < -0.39 is 6.36 Å². The number of nitrogens with one attached hydrogen (secondary N) is 3. The molecule has 0 spiro atoms. The largest absolute Gasteiger partial charge is 0.573 e. The molecule has 0 saturated heterocycles. The SMILES string of the molecule is O=C(CCCc1nc(-c2ccc(OC(F)(F)F)cc2)no1)NCCCNc1n[nH]c(=O)c2ccccc12. The van der Waals surface area contributed by atoms with Crippen LogP contribution in [-0.2, 0) is 11.2 Å². The average molecular weight is 516 g/mol. The standard InChI is InChI=1S/C24H23F3N6O4/c25-24(26,27)36-16-11-9-15(10-12-16)21-30-20(37-33-21)8-3-7-19(34)28-13-4-14-29-22-17-5-1-2-6-18(17)23(35)32-31-22/h1-2,5-6,9-12H,3-4,7-8,13-14H2,(H,28,34)(H,29,31)(H,32,35). The summed E-state index contributed by atoms with van der Waals surface area (Å²) in [5, 5.41) is 17.6. The Morgan fingerprint density at radius 3 is 2.54 bits per heavy atom. The fraction of sp³-hybridized carbons (Fsp3) is 0.292. The Bertz CT molecular complexity index is 1400. The molecule has 0 aliphatic carbocycles. The Hall–Kier alpha value is -4.42. The van der Waals surface area contributed by atoms with Crippen LogP contribution in [-0.4, -0.2) is 45.7 Å². The van der Waals surface area contributed by atoms with Gasteiger partial charge >= 0.3 is 6.36 Å². The summed E-state index contributed by atoms with van der Waals surface area (Å²) in [6.45, 7) is 1.02. The van der Waals surface area contributed by atoms with Gasteiger partial charge in [0.2, 0.25) is 17.6 Å². The van der Waals surface area contributed by atoms with Crippen LogP contribution in [0.2, 0.25) is 0 Å². The molecule has 2 aromatic heterocycles. The van der Waals surface area contributed by atoms with Gasteiger partial charge in [-0.2, -0.15) is 10.1 Å². The van der Waals surface area contributed by atoms with E-state index in [9.17, 15) is 22.8 Å². The van der Waals surface area contributed by atoms with Crippen molar-refractivity contribution < 1.29 is 27.2 Å². The number of amides is 1. The lowest BCUT2D eigenvalue weighted by atomic mass is 10.2. The first-order valence-corrected chi connectivity index (χ1v) is 11.5. The molecule has 0 aliphatic heterocycles. The number of fused-ring (bicyclic) bond motifs is 1. The maximum absolute atomic E-state index is 12.3. The predicted molar refractivity (Wildman–Crippen MR) is 128 cm³/mol. The average Bonchev–Trinajstić information content (AvgIpc) is 3.34. The normalized spacial score (nSPS) is 11.4. The highest BCUT2D eigenvalue weighted by Gasteiger charge is 2.31. The van der Waals surface area contributed by atoms with Gasteiger partial charge in [0.1, 0.15) is 5.75 Å². The number of carbonyl (C=O) groups is 1. The van der Waals surface area contributed by atoms with Crippen molar-refractivity contribution in [3.05, 3.63) is 64.8 Å². The molecule has 2 heterocycles. The van der Waals surface area contributed by atoms with Gasteiger partial charge in [-0.3, -0.25) is 9.59 Å². The maximum atomic E-state index is 12.3. The third-order valence-electron chi connectivity index (χ3n) is 5.27. The van der Waals surface area contributed by atoms with Crippen molar-refractivity contribution in [2.45, 2.75) is 32.0 Å². The number of carbonyl (C=O) groups excluding carboxylic acids is 1. The van der Waals surface area contributed by atoms with E-state index in [4.69, 9.17) is 4.52 Å². The van der Waals surface area contributed by atoms with Crippen LogP contribution in [0.15, 0.2) is 57.8 Å². The molecule has 2 aromatic carbocycles. The number of hydrogen-bond acceptors (Lipinski definition) is 8. The smallest absolute Gasteiger partial charge is 0.406 e. The van der Waals surface area contributed by atoms with Crippen molar-refractivity contribution in [3.8, 4) is 17.1 Å². The molecule has 0 saturated carbocycles. The van der Waals surface area contributed by atoms with E-state index in [0.717, 1.165) is 17.5 Å². The number of aryl methyl sites for hydroxylation is 1. The number of benzene rings is 2. The van der Waals surface area contributed by atoms with Crippen LogP contribution >= 0.6 is 0 Å². The van der Waals surface area contributed by atoms with Gasteiger partial charge in [0, 0.05) is 36.9 Å².